The van der Waals surface area contributed by atoms with Crippen LogP contribution in [0.4, 0.5) is 13.6 Å². The van der Waals surface area contributed by atoms with E-state index in [0.717, 1.165) is 0 Å². The van der Waals surface area contributed by atoms with Crippen molar-refractivity contribution in [1.82, 2.24) is 4.90 Å². The number of hydrogen-bond donors (Lipinski definition) is 1. The fourth-order valence-corrected chi connectivity index (χ4v) is 2.29. The molecule has 0 aliphatic heterocycles. The van der Waals surface area contributed by atoms with Crippen molar-refractivity contribution in [2.75, 3.05) is 13.6 Å². The average Bonchev–Trinajstić information content (AvgIpc) is 2.26. The summed E-state index contributed by atoms with van der Waals surface area (Å²) in [5.41, 5.74) is -0.594. The van der Waals surface area contributed by atoms with E-state index in [1.54, 1.807) is 20.8 Å². The molecule has 6 heteroatoms. The first-order valence-corrected chi connectivity index (χ1v) is 7.00. The molecule has 1 rings (SSSR count). The molecule has 1 amide bonds. The van der Waals surface area contributed by atoms with Gasteiger partial charge in [-0.05, 0) is 39.5 Å². The molecule has 0 saturated heterocycles. The van der Waals surface area contributed by atoms with Crippen LogP contribution < -0.4 is 0 Å². The molecule has 20 heavy (non-hydrogen) atoms. The van der Waals surface area contributed by atoms with Crippen LogP contribution in [0, 0.1) is 5.92 Å². The summed E-state index contributed by atoms with van der Waals surface area (Å²) in [5.74, 6) is -2.78. The minimum Gasteiger partial charge on any atom is -0.444 e. The highest BCUT2D eigenvalue weighted by atomic mass is 19.3. The molecule has 118 valence electrons. The maximum atomic E-state index is 13.1. The lowest BCUT2D eigenvalue weighted by Crippen LogP contribution is -2.42. The summed E-state index contributed by atoms with van der Waals surface area (Å²) >= 11 is 0. The second kappa shape index (κ2) is 6.24. The molecule has 1 saturated carbocycles. The highest BCUT2D eigenvalue weighted by Gasteiger charge is 2.37. The molecule has 0 aromatic rings. The second-order valence-corrected chi connectivity index (χ2v) is 6.62. The molecule has 0 spiro atoms. The lowest BCUT2D eigenvalue weighted by molar-refractivity contribution is -0.0656. The van der Waals surface area contributed by atoms with E-state index in [9.17, 15) is 18.7 Å². The Morgan fingerprint density at radius 3 is 2.35 bits per heavy atom. The first-order chi connectivity index (χ1) is 9.00. The zero-order valence-electron chi connectivity index (χ0n) is 12.7. The number of aliphatic hydroxyl groups excluding tert-OH is 1. The molecule has 0 bridgehead atoms. The average molecular weight is 293 g/mol. The van der Waals surface area contributed by atoms with Gasteiger partial charge in [0.1, 0.15) is 5.60 Å². The fraction of sp³-hybridized carbons (Fsp3) is 0.929. The first-order valence-electron chi connectivity index (χ1n) is 7.00. The van der Waals surface area contributed by atoms with Crippen LogP contribution in [-0.2, 0) is 4.74 Å². The van der Waals surface area contributed by atoms with Crippen LogP contribution in [0.15, 0.2) is 0 Å². The van der Waals surface area contributed by atoms with Gasteiger partial charge in [-0.2, -0.15) is 0 Å². The highest BCUT2D eigenvalue weighted by Crippen LogP contribution is 2.37. The molecule has 1 fully saturated rings. The molecule has 1 N–H and O–H groups in total. The highest BCUT2D eigenvalue weighted by molar-refractivity contribution is 5.67. The van der Waals surface area contributed by atoms with E-state index < -0.39 is 23.7 Å². The number of aliphatic hydroxyl groups is 1. The third-order valence-electron chi connectivity index (χ3n) is 3.47. The summed E-state index contributed by atoms with van der Waals surface area (Å²) in [5, 5.41) is 10.1. The topological polar surface area (TPSA) is 49.8 Å². The van der Waals surface area contributed by atoms with E-state index in [4.69, 9.17) is 4.74 Å². The van der Waals surface area contributed by atoms with Crippen molar-refractivity contribution in [1.29, 1.82) is 0 Å². The zero-order chi connectivity index (χ0) is 15.6. The summed E-state index contributed by atoms with van der Waals surface area (Å²) in [4.78, 5) is 13.0. The van der Waals surface area contributed by atoms with Crippen LogP contribution in [0.3, 0.4) is 0 Å². The van der Waals surface area contributed by atoms with Gasteiger partial charge in [0.05, 0.1) is 6.10 Å². The standard InChI is InChI=1S/C14H25F2NO3/c1-13(2,3)20-12(19)17(4)9-11(18)10-5-7-14(15,16)8-6-10/h10-11,18H,5-9H2,1-4H3. The van der Waals surface area contributed by atoms with Gasteiger partial charge < -0.3 is 14.7 Å². The number of nitrogens with zero attached hydrogens (tertiary/aromatic N) is 1. The molecule has 1 atom stereocenters. The van der Waals surface area contributed by atoms with Gasteiger partial charge in [-0.25, -0.2) is 13.6 Å². The predicted molar refractivity (Wildman–Crippen MR) is 71.8 cm³/mol. The Morgan fingerprint density at radius 2 is 1.90 bits per heavy atom. The van der Waals surface area contributed by atoms with E-state index >= 15 is 0 Å². The van der Waals surface area contributed by atoms with Crippen LogP contribution in [0.25, 0.3) is 0 Å². The van der Waals surface area contributed by atoms with Crippen LogP contribution in [0.2, 0.25) is 0 Å². The number of ether oxygens (including phenoxy) is 1. The number of hydrogen-bond acceptors (Lipinski definition) is 3. The summed E-state index contributed by atoms with van der Waals surface area (Å²) in [6.45, 7) is 5.39. The number of alkyl halides is 2. The summed E-state index contributed by atoms with van der Waals surface area (Å²) in [7, 11) is 1.54. The number of carbonyl (C=O) groups is 1. The van der Waals surface area contributed by atoms with Crippen LogP contribution in [0.1, 0.15) is 46.5 Å². The fourth-order valence-electron chi connectivity index (χ4n) is 2.29. The summed E-state index contributed by atoms with van der Waals surface area (Å²) < 4.78 is 31.3. The smallest absolute Gasteiger partial charge is 0.410 e. The van der Waals surface area contributed by atoms with Gasteiger partial charge in [0.2, 0.25) is 5.92 Å². The Kier molecular flexibility index (Phi) is 5.35. The molecular formula is C14H25F2NO3. The largest absolute Gasteiger partial charge is 0.444 e. The Hall–Kier alpha value is -0.910. The van der Waals surface area contributed by atoms with Gasteiger partial charge in [-0.3, -0.25) is 0 Å². The van der Waals surface area contributed by atoms with Crippen molar-refractivity contribution < 1.29 is 23.4 Å². The van der Waals surface area contributed by atoms with Gasteiger partial charge in [0, 0.05) is 26.4 Å². The first kappa shape index (κ1) is 17.1. The molecule has 0 aromatic carbocycles. The second-order valence-electron chi connectivity index (χ2n) is 6.62. The van der Waals surface area contributed by atoms with Gasteiger partial charge >= 0.3 is 6.09 Å². The van der Waals surface area contributed by atoms with Crippen molar-refractivity contribution in [2.45, 2.75) is 64.1 Å². The number of rotatable bonds is 3. The molecule has 1 aliphatic rings. The van der Waals surface area contributed by atoms with E-state index in [-0.39, 0.29) is 38.1 Å². The maximum Gasteiger partial charge on any atom is 0.410 e. The molecule has 1 aliphatic carbocycles. The summed E-state index contributed by atoms with van der Waals surface area (Å²) in [6, 6.07) is 0. The third-order valence-corrected chi connectivity index (χ3v) is 3.47. The molecule has 0 aromatic heterocycles. The molecule has 4 nitrogen and oxygen atoms in total. The maximum absolute atomic E-state index is 13.1. The van der Waals surface area contributed by atoms with Crippen LogP contribution in [-0.4, -0.2) is 47.3 Å². The predicted octanol–water partition coefficient (Wildman–Crippen LogP) is 3.04. The van der Waals surface area contributed by atoms with E-state index in [1.165, 1.54) is 11.9 Å². The van der Waals surface area contributed by atoms with Crippen molar-refractivity contribution in [3.05, 3.63) is 0 Å². The Morgan fingerprint density at radius 1 is 1.40 bits per heavy atom. The Balaban J connectivity index is 2.42. The minimum atomic E-state index is -2.60. The van der Waals surface area contributed by atoms with E-state index in [2.05, 4.69) is 0 Å². The van der Waals surface area contributed by atoms with Gasteiger partial charge in [-0.15, -0.1) is 0 Å². The Bertz CT molecular complexity index is 332. The SMILES string of the molecule is CN(CC(O)C1CCC(F)(F)CC1)C(=O)OC(C)(C)C. The number of likely N-dealkylation sites (N-methyl/N-ethyl adjacent to an activating group) is 1. The lowest BCUT2D eigenvalue weighted by Gasteiger charge is -2.33. The normalized spacial score (nSPS) is 21.4. The number of halogens is 2. The van der Waals surface area contributed by atoms with Crippen molar-refractivity contribution >= 4 is 6.09 Å². The van der Waals surface area contributed by atoms with Crippen LogP contribution >= 0.6 is 0 Å². The molecule has 1 unspecified atom stereocenters. The van der Waals surface area contributed by atoms with Crippen LogP contribution in [0.5, 0.6) is 0 Å². The number of carbonyl (C=O) groups excluding carboxylic acids is 1. The third kappa shape index (κ3) is 5.61. The zero-order valence-corrected chi connectivity index (χ0v) is 12.7. The summed E-state index contributed by atoms with van der Waals surface area (Å²) in [6.07, 6.45) is -1.11. The van der Waals surface area contributed by atoms with Crippen molar-refractivity contribution in [2.24, 2.45) is 5.92 Å². The lowest BCUT2D eigenvalue weighted by atomic mass is 9.83. The number of amides is 1. The van der Waals surface area contributed by atoms with Gasteiger partial charge in [0.25, 0.3) is 0 Å². The minimum absolute atomic E-state index is 0.102. The van der Waals surface area contributed by atoms with Gasteiger partial charge in [0.15, 0.2) is 0 Å². The quantitative estimate of drug-likeness (QED) is 0.870. The van der Waals surface area contributed by atoms with Crippen molar-refractivity contribution in [3.8, 4) is 0 Å². The molecule has 0 radical (unpaired) electrons. The van der Waals surface area contributed by atoms with E-state index in [0.29, 0.717) is 0 Å². The van der Waals surface area contributed by atoms with Crippen molar-refractivity contribution in [3.63, 3.8) is 0 Å². The monoisotopic (exact) mass is 293 g/mol. The molecular weight excluding hydrogens is 268 g/mol. The van der Waals surface area contributed by atoms with E-state index in [1.807, 2.05) is 0 Å². The van der Waals surface area contributed by atoms with Gasteiger partial charge in [-0.1, -0.05) is 0 Å². The Labute approximate surface area is 119 Å². The molecule has 0 heterocycles.